The van der Waals surface area contributed by atoms with Gasteiger partial charge in [-0.05, 0) is 0 Å². The second-order valence-electron chi connectivity index (χ2n) is 4.95. The van der Waals surface area contributed by atoms with Crippen molar-refractivity contribution in [1.29, 1.82) is 0 Å². The Morgan fingerprint density at radius 1 is 0.708 bits per heavy atom. The molecule has 0 aliphatic heterocycles. The number of carbonyl (C=O) groups is 3. The Bertz CT molecular complexity index is 410. The second-order valence-corrected chi connectivity index (χ2v) is 4.95. The molecule has 0 aromatic heterocycles. The van der Waals surface area contributed by atoms with Crippen LogP contribution in [-0.4, -0.2) is 76.9 Å². The second kappa shape index (κ2) is 11.8. The van der Waals surface area contributed by atoms with Crippen LogP contribution in [-0.2, 0) is 42.8 Å². The van der Waals surface area contributed by atoms with Crippen LogP contribution in [0.4, 0.5) is 0 Å². The van der Waals surface area contributed by atoms with Gasteiger partial charge in [0, 0.05) is 42.1 Å². The quantitative estimate of drug-likeness (QED) is 0.378. The van der Waals surface area contributed by atoms with E-state index in [-0.39, 0.29) is 13.2 Å². The molecule has 0 spiro atoms. The zero-order valence-electron chi connectivity index (χ0n) is 14.9. The first-order valence-electron chi connectivity index (χ1n) is 7.29. The summed E-state index contributed by atoms with van der Waals surface area (Å²) in [5, 5.41) is 0. The Kier molecular flexibility index (Phi) is 10.9. The molecular weight excluding hydrogens is 324 g/mol. The van der Waals surface area contributed by atoms with Crippen molar-refractivity contribution in [2.24, 2.45) is 0 Å². The maximum atomic E-state index is 11.3. The highest BCUT2D eigenvalue weighted by Crippen LogP contribution is 2.18. The van der Waals surface area contributed by atoms with E-state index in [1.54, 1.807) is 0 Å². The van der Waals surface area contributed by atoms with Crippen molar-refractivity contribution >= 4 is 17.9 Å². The van der Waals surface area contributed by atoms with Gasteiger partial charge in [0.2, 0.25) is 0 Å². The van der Waals surface area contributed by atoms with Gasteiger partial charge in [0.25, 0.3) is 0 Å². The van der Waals surface area contributed by atoms with Gasteiger partial charge in [-0.15, -0.1) is 0 Å². The lowest BCUT2D eigenvalue weighted by molar-refractivity contribution is -0.192. The molecule has 0 saturated carbocycles. The van der Waals surface area contributed by atoms with Crippen molar-refractivity contribution in [1.82, 2.24) is 0 Å². The Labute approximate surface area is 141 Å². The normalized spacial score (nSPS) is 15.8. The summed E-state index contributed by atoms with van der Waals surface area (Å²) in [5.74, 6) is -1.65. The molecule has 9 nitrogen and oxygen atoms in total. The van der Waals surface area contributed by atoms with E-state index in [2.05, 4.69) is 0 Å². The minimum Gasteiger partial charge on any atom is -0.462 e. The maximum absolute atomic E-state index is 11.3. The van der Waals surface area contributed by atoms with Gasteiger partial charge in [-0.2, -0.15) is 0 Å². The van der Waals surface area contributed by atoms with Gasteiger partial charge < -0.3 is 28.4 Å². The van der Waals surface area contributed by atoms with E-state index in [9.17, 15) is 14.4 Å². The highest BCUT2D eigenvalue weighted by Gasteiger charge is 2.39. The predicted octanol–water partition coefficient (Wildman–Crippen LogP) is 0.0893. The van der Waals surface area contributed by atoms with Crippen LogP contribution in [0.1, 0.15) is 20.8 Å². The first-order chi connectivity index (χ1) is 11.3. The molecule has 0 aromatic rings. The zero-order valence-corrected chi connectivity index (χ0v) is 14.9. The summed E-state index contributed by atoms with van der Waals surface area (Å²) in [6.07, 6.45) is -3.44. The third-order valence-electron chi connectivity index (χ3n) is 3.02. The molecule has 0 radical (unpaired) electrons. The Morgan fingerprint density at radius 3 is 1.42 bits per heavy atom. The van der Waals surface area contributed by atoms with Crippen molar-refractivity contribution < 1.29 is 42.8 Å². The lowest BCUT2D eigenvalue weighted by atomic mass is 10.0. The first kappa shape index (κ1) is 22.3. The van der Waals surface area contributed by atoms with Gasteiger partial charge in [-0.1, -0.05) is 0 Å². The van der Waals surface area contributed by atoms with Gasteiger partial charge in [-0.3, -0.25) is 14.4 Å². The van der Waals surface area contributed by atoms with Crippen LogP contribution in [0.25, 0.3) is 0 Å². The number of hydrogen-bond donors (Lipinski definition) is 0. The summed E-state index contributed by atoms with van der Waals surface area (Å²) in [7, 11) is 4.20. The molecule has 0 saturated heterocycles. The number of ether oxygens (including phenoxy) is 6. The fraction of sp³-hybridized carbons (Fsp3) is 0.800. The van der Waals surface area contributed by atoms with Gasteiger partial charge in [0.1, 0.15) is 18.8 Å². The molecule has 0 N–H and O–H groups in total. The van der Waals surface area contributed by atoms with Gasteiger partial charge >= 0.3 is 17.9 Å². The number of methoxy groups -OCH3 is 3. The summed E-state index contributed by atoms with van der Waals surface area (Å²) in [6.45, 7) is 3.51. The molecule has 24 heavy (non-hydrogen) atoms. The molecule has 0 aliphatic carbocycles. The van der Waals surface area contributed by atoms with E-state index in [4.69, 9.17) is 28.4 Å². The largest absolute Gasteiger partial charge is 0.462 e. The molecule has 9 heteroatoms. The van der Waals surface area contributed by atoms with Crippen molar-refractivity contribution in [2.45, 2.75) is 45.2 Å². The number of hydrogen-bond acceptors (Lipinski definition) is 9. The smallest absolute Gasteiger partial charge is 0.303 e. The van der Waals surface area contributed by atoms with E-state index < -0.39 is 42.3 Å². The van der Waals surface area contributed by atoms with Gasteiger partial charge in [0.15, 0.2) is 12.2 Å². The van der Waals surface area contributed by atoms with E-state index in [0.29, 0.717) is 0 Å². The summed E-state index contributed by atoms with van der Waals surface area (Å²) >= 11 is 0. The summed E-state index contributed by atoms with van der Waals surface area (Å²) in [5.41, 5.74) is 0. The number of carbonyl (C=O) groups excluding carboxylic acids is 3. The van der Waals surface area contributed by atoms with Crippen molar-refractivity contribution in [3.63, 3.8) is 0 Å². The summed E-state index contributed by atoms with van der Waals surface area (Å²) in [4.78, 5) is 33.7. The molecule has 0 aromatic carbocycles. The fourth-order valence-electron chi connectivity index (χ4n) is 2.18. The third kappa shape index (κ3) is 8.23. The highest BCUT2D eigenvalue weighted by molar-refractivity contribution is 5.67. The highest BCUT2D eigenvalue weighted by atomic mass is 16.6. The fourth-order valence-corrected chi connectivity index (χ4v) is 2.18. The van der Waals surface area contributed by atoms with E-state index >= 15 is 0 Å². The minimum absolute atomic E-state index is 0.0400. The Morgan fingerprint density at radius 2 is 1.12 bits per heavy atom. The van der Waals surface area contributed by atoms with Crippen molar-refractivity contribution in [3.05, 3.63) is 0 Å². The number of rotatable bonds is 11. The molecule has 140 valence electrons. The zero-order chi connectivity index (χ0) is 18.7. The lowest BCUT2D eigenvalue weighted by Crippen LogP contribution is -2.52. The molecular formula is C15H26O9. The Hall–Kier alpha value is -1.71. The van der Waals surface area contributed by atoms with E-state index in [1.165, 1.54) is 42.1 Å². The molecule has 4 atom stereocenters. The monoisotopic (exact) mass is 350 g/mol. The van der Waals surface area contributed by atoms with Crippen LogP contribution in [0.3, 0.4) is 0 Å². The average Bonchev–Trinajstić information content (AvgIpc) is 2.47. The van der Waals surface area contributed by atoms with Crippen LogP contribution in [0.5, 0.6) is 0 Å². The van der Waals surface area contributed by atoms with Crippen molar-refractivity contribution in [2.75, 3.05) is 34.5 Å². The van der Waals surface area contributed by atoms with Crippen LogP contribution in [0, 0.1) is 0 Å². The van der Waals surface area contributed by atoms with Crippen molar-refractivity contribution in [3.8, 4) is 0 Å². The van der Waals surface area contributed by atoms with Crippen LogP contribution >= 0.6 is 0 Å². The Balaban J connectivity index is 5.39. The maximum Gasteiger partial charge on any atom is 0.303 e. The van der Waals surface area contributed by atoms with Crippen LogP contribution in [0.15, 0.2) is 0 Å². The minimum atomic E-state index is -0.948. The van der Waals surface area contributed by atoms with Crippen LogP contribution < -0.4 is 0 Å². The molecule has 0 bridgehead atoms. The number of esters is 3. The SMILES string of the molecule is COCC(OC(C)=O)C(OC)C(OC)C(COC(C)=O)OC(C)=O. The molecule has 4 unspecified atom stereocenters. The third-order valence-corrected chi connectivity index (χ3v) is 3.02. The predicted molar refractivity (Wildman–Crippen MR) is 81.2 cm³/mol. The molecule has 0 heterocycles. The lowest BCUT2D eigenvalue weighted by Gasteiger charge is -2.34. The molecule has 0 aliphatic rings. The molecule has 0 fully saturated rings. The van der Waals surface area contributed by atoms with E-state index in [1.807, 2.05) is 0 Å². The molecule has 0 amide bonds. The standard InChI is InChI=1S/C15H26O9/c1-9(16)22-8-13(24-11(3)18)15(21-6)14(20-5)12(7-19-4)23-10(2)17/h12-15H,7-8H2,1-6H3. The van der Waals surface area contributed by atoms with E-state index in [0.717, 1.165) is 0 Å². The molecule has 0 rings (SSSR count). The van der Waals surface area contributed by atoms with Crippen LogP contribution in [0.2, 0.25) is 0 Å². The first-order valence-corrected chi connectivity index (χ1v) is 7.29. The summed E-state index contributed by atoms with van der Waals surface area (Å²) in [6, 6.07) is 0. The topological polar surface area (TPSA) is 107 Å². The summed E-state index contributed by atoms with van der Waals surface area (Å²) < 4.78 is 31.0. The average molecular weight is 350 g/mol. The van der Waals surface area contributed by atoms with Gasteiger partial charge in [0.05, 0.1) is 6.61 Å². The van der Waals surface area contributed by atoms with Gasteiger partial charge in [-0.25, -0.2) is 0 Å².